The predicted molar refractivity (Wildman–Crippen MR) is 39.0 cm³/mol. The van der Waals surface area contributed by atoms with Gasteiger partial charge in [0.2, 0.25) is 0 Å². The third kappa shape index (κ3) is 55.1. The maximum absolute atomic E-state index is 7.76. The number of hydrogen-bond acceptors (Lipinski definition) is 1. The molecule has 0 saturated heterocycles. The van der Waals surface area contributed by atoms with Crippen LogP contribution in [0.1, 0.15) is 0 Å². The number of aliphatic hydroxyl groups is 1. The minimum atomic E-state index is 0. The molecule has 5 heteroatoms. The molecule has 0 aromatic carbocycles. The van der Waals surface area contributed by atoms with Crippen molar-refractivity contribution in [1.29, 1.82) is 0 Å². The van der Waals surface area contributed by atoms with Gasteiger partial charge in [-0.15, -0.1) is 43.8 Å². The van der Waals surface area contributed by atoms with Gasteiger partial charge in [0, 0.05) is 21.7 Å². The van der Waals surface area contributed by atoms with Crippen LogP contribution in [-0.2, 0) is 21.7 Å². The minimum Gasteiger partial charge on any atom is -0.392 e. The van der Waals surface area contributed by atoms with Crippen LogP contribution in [0.5, 0.6) is 0 Å². The summed E-state index contributed by atoms with van der Waals surface area (Å²) >= 11 is 0. The summed E-state index contributed by atoms with van der Waals surface area (Å²) < 4.78 is 0. The van der Waals surface area contributed by atoms with Gasteiger partial charge in [0.25, 0.3) is 0 Å². The smallest absolute Gasteiger partial charge is 0.0609 e. The second-order valence-corrected chi connectivity index (χ2v) is 0.471. The van der Waals surface area contributed by atoms with Crippen LogP contribution < -0.4 is 0 Å². The monoisotopic (exact) mass is 214 g/mol. The van der Waals surface area contributed by atoms with E-state index >= 15 is 0 Å². The van der Waals surface area contributed by atoms with E-state index in [9.17, 15) is 0 Å². The van der Waals surface area contributed by atoms with E-state index in [1.807, 2.05) is 0 Å². The average Bonchev–Trinajstić information content (AvgIpc) is 1.37. The molecule has 52 valence electrons. The third-order valence-corrected chi connectivity index (χ3v) is 0.129. The van der Waals surface area contributed by atoms with E-state index in [-0.39, 0.29) is 65.5 Å². The zero-order valence-corrected chi connectivity index (χ0v) is 8.17. The maximum atomic E-state index is 7.76. The minimum absolute atomic E-state index is 0. The Balaban J connectivity index is -0.00000000750. The average molecular weight is 215 g/mol. The Labute approximate surface area is 83.0 Å². The maximum Gasteiger partial charge on any atom is 0.0609 e. The van der Waals surface area contributed by atoms with E-state index in [4.69, 9.17) is 5.11 Å². The Morgan fingerprint density at radius 3 is 1.38 bits per heavy atom. The van der Waals surface area contributed by atoms with Crippen LogP contribution in [0.3, 0.4) is 0 Å². The van der Waals surface area contributed by atoms with Crippen LogP contribution in [-0.4, -0.2) is 11.7 Å². The Morgan fingerprint density at radius 1 is 1.25 bits per heavy atom. The van der Waals surface area contributed by atoms with Crippen LogP contribution in [0.15, 0.2) is 12.7 Å². The van der Waals surface area contributed by atoms with Crippen molar-refractivity contribution >= 4 is 37.2 Å². The fourth-order valence-electron chi connectivity index (χ4n) is 0. The molecule has 0 aliphatic rings. The van der Waals surface area contributed by atoms with Gasteiger partial charge < -0.3 is 5.11 Å². The van der Waals surface area contributed by atoms with Gasteiger partial charge >= 0.3 is 0 Å². The molecule has 0 amide bonds. The van der Waals surface area contributed by atoms with Gasteiger partial charge in [-0.1, -0.05) is 6.08 Å². The molecule has 0 saturated carbocycles. The first-order valence-electron chi connectivity index (χ1n) is 1.13. The molecule has 0 aliphatic carbocycles. The largest absolute Gasteiger partial charge is 0.392 e. The molecule has 0 spiro atoms. The summed E-state index contributed by atoms with van der Waals surface area (Å²) in [6, 6.07) is 0. The number of rotatable bonds is 1. The molecule has 0 fully saturated rings. The second kappa shape index (κ2) is 40.8. The summed E-state index contributed by atoms with van der Waals surface area (Å²) in [4.78, 5) is 0. The molecule has 1 N–H and O–H groups in total. The Hall–Kier alpha value is 1.28. The van der Waals surface area contributed by atoms with Gasteiger partial charge in [0.1, 0.15) is 0 Å². The molecular weight excluding hydrogens is 206 g/mol. The zero-order chi connectivity index (χ0) is 3.41. The standard InChI is InChI=1S/C3H6O.3ClH.Ti/c1-2-3-4;;;;/h2,4H,1,3H2;3*1H;. The Morgan fingerprint density at radius 2 is 1.38 bits per heavy atom. The Bertz CT molecular complexity index is 28.5. The van der Waals surface area contributed by atoms with Gasteiger partial charge in [-0.25, -0.2) is 0 Å². The molecule has 0 unspecified atom stereocenters. The number of aliphatic hydroxyl groups excluding tert-OH is 1. The molecule has 0 atom stereocenters. The van der Waals surface area contributed by atoms with E-state index in [1.54, 1.807) is 0 Å². The molecule has 8 heavy (non-hydrogen) atoms. The SMILES string of the molecule is C=CCO.Cl.Cl.Cl.[Ti]. The molecule has 0 aliphatic heterocycles. The van der Waals surface area contributed by atoms with Crippen LogP contribution in [0.25, 0.3) is 0 Å². The van der Waals surface area contributed by atoms with E-state index in [1.165, 1.54) is 6.08 Å². The van der Waals surface area contributed by atoms with Crippen molar-refractivity contribution in [2.75, 3.05) is 6.61 Å². The van der Waals surface area contributed by atoms with Gasteiger partial charge in [0.05, 0.1) is 6.61 Å². The van der Waals surface area contributed by atoms with Crippen LogP contribution in [0, 0.1) is 0 Å². The van der Waals surface area contributed by atoms with E-state index in [0.717, 1.165) is 0 Å². The van der Waals surface area contributed by atoms with Gasteiger partial charge in [-0.05, 0) is 0 Å². The predicted octanol–water partition coefficient (Wildman–Crippen LogP) is 1.43. The molecule has 0 aromatic rings. The van der Waals surface area contributed by atoms with Crippen molar-refractivity contribution in [2.45, 2.75) is 0 Å². The first kappa shape index (κ1) is 34.7. The van der Waals surface area contributed by atoms with Crippen molar-refractivity contribution < 1.29 is 26.8 Å². The van der Waals surface area contributed by atoms with Gasteiger partial charge in [0.15, 0.2) is 0 Å². The topological polar surface area (TPSA) is 20.2 Å². The molecule has 0 bridgehead atoms. The summed E-state index contributed by atoms with van der Waals surface area (Å²) in [7, 11) is 0. The molecule has 0 aromatic heterocycles. The van der Waals surface area contributed by atoms with E-state index < -0.39 is 0 Å². The molecule has 0 rings (SSSR count). The summed E-state index contributed by atoms with van der Waals surface area (Å²) in [6.45, 7) is 3.31. The van der Waals surface area contributed by atoms with Crippen molar-refractivity contribution in [3.8, 4) is 0 Å². The number of halogens is 3. The summed E-state index contributed by atoms with van der Waals surface area (Å²) in [5, 5.41) is 7.76. The van der Waals surface area contributed by atoms with Gasteiger partial charge in [-0.3, -0.25) is 0 Å². The van der Waals surface area contributed by atoms with Crippen LogP contribution >= 0.6 is 37.2 Å². The summed E-state index contributed by atoms with van der Waals surface area (Å²) in [5.74, 6) is 0. The molecule has 1 nitrogen and oxygen atoms in total. The third-order valence-electron chi connectivity index (χ3n) is 0.129. The first-order valence-corrected chi connectivity index (χ1v) is 1.13. The molecular formula is C3H9Cl3OTi. The van der Waals surface area contributed by atoms with Crippen molar-refractivity contribution in [3.63, 3.8) is 0 Å². The van der Waals surface area contributed by atoms with E-state index in [0.29, 0.717) is 0 Å². The first-order chi connectivity index (χ1) is 1.91. The Kier molecular flexibility index (Phi) is 177. The quantitative estimate of drug-likeness (QED) is 0.518. The number of hydrogen-bond donors (Lipinski definition) is 1. The normalized spacial score (nSPS) is 3.12. The van der Waals surface area contributed by atoms with Crippen molar-refractivity contribution in [2.24, 2.45) is 0 Å². The summed E-state index contributed by atoms with van der Waals surface area (Å²) in [5.41, 5.74) is 0. The zero-order valence-electron chi connectivity index (χ0n) is 4.16. The molecule has 0 heterocycles. The summed E-state index contributed by atoms with van der Waals surface area (Å²) in [6.07, 6.45) is 1.43. The molecule has 0 radical (unpaired) electrons. The second-order valence-electron chi connectivity index (χ2n) is 0.471. The fourth-order valence-corrected chi connectivity index (χ4v) is 0. The van der Waals surface area contributed by atoms with Crippen molar-refractivity contribution in [3.05, 3.63) is 12.7 Å². The van der Waals surface area contributed by atoms with Crippen LogP contribution in [0.4, 0.5) is 0 Å². The fraction of sp³-hybridized carbons (Fsp3) is 0.333. The van der Waals surface area contributed by atoms with E-state index in [2.05, 4.69) is 6.58 Å². The van der Waals surface area contributed by atoms with Gasteiger partial charge in [-0.2, -0.15) is 0 Å². The van der Waals surface area contributed by atoms with Crippen LogP contribution in [0.2, 0.25) is 0 Å². The van der Waals surface area contributed by atoms with Crippen molar-refractivity contribution in [1.82, 2.24) is 0 Å².